The third-order valence-corrected chi connectivity index (χ3v) is 6.83. The minimum atomic E-state index is -0.527. The predicted octanol–water partition coefficient (Wildman–Crippen LogP) is 4.05. The molecular weight excluding hydrogens is 374 g/mol. The lowest BCUT2D eigenvalue weighted by atomic mass is 9.88. The third kappa shape index (κ3) is 5.83. The summed E-state index contributed by atoms with van der Waals surface area (Å²) in [5.74, 6) is 1.21. The molecule has 0 heterocycles. The number of nitrogens with zero attached hydrogens (tertiary/aromatic N) is 1. The number of fused-ring (bicyclic) bond motifs is 1. The zero-order valence-electron chi connectivity index (χ0n) is 18.6. The van der Waals surface area contributed by atoms with Gasteiger partial charge in [0.2, 0.25) is 5.91 Å². The van der Waals surface area contributed by atoms with E-state index in [-0.39, 0.29) is 17.9 Å². The van der Waals surface area contributed by atoms with Crippen LogP contribution >= 0.6 is 0 Å². The summed E-state index contributed by atoms with van der Waals surface area (Å²) in [7, 11) is 3.61. The predicted molar refractivity (Wildman–Crippen MR) is 121 cm³/mol. The van der Waals surface area contributed by atoms with Crippen LogP contribution in [0.1, 0.15) is 49.7 Å². The first-order valence-electron chi connectivity index (χ1n) is 11.3. The number of allylic oxidation sites excluding steroid dienone is 2. The summed E-state index contributed by atoms with van der Waals surface area (Å²) in [6.45, 7) is 2.07. The van der Waals surface area contributed by atoms with E-state index in [1.807, 2.05) is 18.2 Å². The molecule has 0 radical (unpaired) electrons. The van der Waals surface area contributed by atoms with Crippen molar-refractivity contribution in [2.75, 3.05) is 14.1 Å². The molecule has 164 valence electrons. The van der Waals surface area contributed by atoms with E-state index >= 15 is 0 Å². The van der Waals surface area contributed by atoms with Gasteiger partial charge in [0.15, 0.2) is 0 Å². The van der Waals surface area contributed by atoms with Crippen molar-refractivity contribution in [3.63, 3.8) is 0 Å². The van der Waals surface area contributed by atoms with E-state index in [1.54, 1.807) is 19.0 Å². The van der Waals surface area contributed by atoms with Crippen molar-refractivity contribution in [3.8, 4) is 0 Å². The van der Waals surface area contributed by atoms with Gasteiger partial charge in [-0.15, -0.1) is 0 Å². The SMILES string of the molecule is Cc1ccccc1C[C@@H](O)/C=C/[C@@H]1[C@H]2CC(CCCCC(=O)N(C)C)=C[C@H]2C[C@H]1O. The van der Waals surface area contributed by atoms with Gasteiger partial charge in [0.05, 0.1) is 12.2 Å². The Labute approximate surface area is 181 Å². The maximum Gasteiger partial charge on any atom is 0.222 e. The largest absolute Gasteiger partial charge is 0.392 e. The first-order chi connectivity index (χ1) is 14.3. The molecule has 0 aliphatic heterocycles. The molecule has 30 heavy (non-hydrogen) atoms. The lowest BCUT2D eigenvalue weighted by molar-refractivity contribution is -0.128. The minimum Gasteiger partial charge on any atom is -0.392 e. The molecule has 4 heteroatoms. The molecule has 0 aromatic heterocycles. The van der Waals surface area contributed by atoms with Crippen LogP contribution in [0.25, 0.3) is 0 Å². The summed E-state index contributed by atoms with van der Waals surface area (Å²) in [5.41, 5.74) is 3.84. The molecule has 0 saturated heterocycles. The molecule has 2 aliphatic rings. The molecule has 5 atom stereocenters. The second-order valence-corrected chi connectivity index (χ2v) is 9.32. The van der Waals surface area contributed by atoms with Crippen LogP contribution in [0.5, 0.6) is 0 Å². The molecule has 1 amide bonds. The quantitative estimate of drug-likeness (QED) is 0.476. The van der Waals surface area contributed by atoms with Crippen LogP contribution in [0.2, 0.25) is 0 Å². The van der Waals surface area contributed by atoms with Crippen LogP contribution in [0.4, 0.5) is 0 Å². The Hall–Kier alpha value is -1.91. The Kier molecular flexibility index (Phi) is 7.90. The molecule has 3 rings (SSSR count). The van der Waals surface area contributed by atoms with Gasteiger partial charge < -0.3 is 15.1 Å². The summed E-state index contributed by atoms with van der Waals surface area (Å²) in [6.07, 6.45) is 11.6. The van der Waals surface area contributed by atoms with E-state index in [2.05, 4.69) is 31.2 Å². The van der Waals surface area contributed by atoms with Gasteiger partial charge in [-0.05, 0) is 62.0 Å². The fourth-order valence-corrected chi connectivity index (χ4v) is 5.03. The Morgan fingerprint density at radius 1 is 1.27 bits per heavy atom. The summed E-state index contributed by atoms with van der Waals surface area (Å²) in [6, 6.07) is 8.15. The number of unbranched alkanes of at least 4 members (excludes halogenated alkanes) is 1. The lowest BCUT2D eigenvalue weighted by Crippen LogP contribution is -2.21. The second-order valence-electron chi connectivity index (χ2n) is 9.32. The molecule has 1 saturated carbocycles. The molecule has 2 N–H and O–H groups in total. The highest BCUT2D eigenvalue weighted by atomic mass is 16.3. The van der Waals surface area contributed by atoms with Crippen LogP contribution in [0, 0.1) is 24.7 Å². The molecular formula is C26H37NO3. The van der Waals surface area contributed by atoms with Crippen molar-refractivity contribution in [1.29, 1.82) is 0 Å². The highest BCUT2D eigenvalue weighted by molar-refractivity contribution is 5.75. The molecule has 0 spiro atoms. The zero-order valence-corrected chi connectivity index (χ0v) is 18.6. The number of hydrogen-bond acceptors (Lipinski definition) is 3. The number of aryl methyl sites for hydroxylation is 1. The van der Waals surface area contributed by atoms with E-state index < -0.39 is 6.10 Å². The Bertz CT molecular complexity index is 782. The van der Waals surface area contributed by atoms with Gasteiger partial charge in [0.1, 0.15) is 0 Å². The van der Waals surface area contributed by atoms with E-state index in [0.29, 0.717) is 24.7 Å². The number of hydrogen-bond donors (Lipinski definition) is 2. The van der Waals surface area contributed by atoms with E-state index in [1.165, 1.54) is 11.1 Å². The van der Waals surface area contributed by atoms with Gasteiger partial charge in [-0.3, -0.25) is 4.79 Å². The lowest BCUT2D eigenvalue weighted by Gasteiger charge is -2.19. The Morgan fingerprint density at radius 2 is 2.03 bits per heavy atom. The average molecular weight is 412 g/mol. The van der Waals surface area contributed by atoms with Crippen molar-refractivity contribution < 1.29 is 15.0 Å². The molecule has 0 bridgehead atoms. The van der Waals surface area contributed by atoms with Crippen molar-refractivity contribution in [3.05, 3.63) is 59.2 Å². The first-order valence-corrected chi connectivity index (χ1v) is 11.3. The maximum absolute atomic E-state index is 11.7. The van der Waals surface area contributed by atoms with Gasteiger partial charge in [-0.2, -0.15) is 0 Å². The summed E-state index contributed by atoms with van der Waals surface area (Å²) >= 11 is 0. The number of aliphatic hydroxyl groups excluding tert-OH is 2. The van der Waals surface area contributed by atoms with Crippen molar-refractivity contribution in [2.24, 2.45) is 17.8 Å². The molecule has 1 fully saturated rings. The maximum atomic E-state index is 11.7. The number of aliphatic hydroxyl groups is 2. The Morgan fingerprint density at radius 3 is 2.77 bits per heavy atom. The Balaban J connectivity index is 1.48. The van der Waals surface area contributed by atoms with Crippen LogP contribution in [-0.2, 0) is 11.2 Å². The van der Waals surface area contributed by atoms with Gasteiger partial charge in [-0.25, -0.2) is 0 Å². The zero-order chi connectivity index (χ0) is 21.7. The number of rotatable bonds is 9. The highest BCUT2D eigenvalue weighted by Crippen LogP contribution is 2.48. The van der Waals surface area contributed by atoms with Gasteiger partial charge in [0, 0.05) is 32.9 Å². The number of benzene rings is 1. The smallest absolute Gasteiger partial charge is 0.222 e. The standard InChI is InChI=1S/C26H37NO3/c1-18-8-4-6-10-20(18)16-22(28)12-13-23-24-15-19(14-21(24)17-25(23)29)9-5-7-11-26(30)27(2)3/h4,6,8,10,12-14,21-25,28-29H,5,7,9,11,15-17H2,1-3H3/b13-12+/t21-,22-,23+,24-,25+/m0/s1. The fraction of sp³-hybridized carbons (Fsp3) is 0.577. The molecule has 1 aromatic carbocycles. The molecule has 0 unspecified atom stereocenters. The van der Waals surface area contributed by atoms with E-state index in [0.717, 1.165) is 37.7 Å². The average Bonchev–Trinajstić information content (AvgIpc) is 3.21. The first kappa shape index (κ1) is 22.8. The van der Waals surface area contributed by atoms with Crippen LogP contribution in [0.15, 0.2) is 48.1 Å². The number of carbonyl (C=O) groups excluding carboxylic acids is 1. The van der Waals surface area contributed by atoms with Gasteiger partial charge in [0.25, 0.3) is 0 Å². The normalized spacial score (nSPS) is 26.6. The van der Waals surface area contributed by atoms with Crippen molar-refractivity contribution >= 4 is 5.91 Å². The number of carbonyl (C=O) groups is 1. The summed E-state index contributed by atoms with van der Waals surface area (Å²) in [5, 5.41) is 21.0. The highest BCUT2D eigenvalue weighted by Gasteiger charge is 2.43. The molecule has 4 nitrogen and oxygen atoms in total. The summed E-state index contributed by atoms with van der Waals surface area (Å²) in [4.78, 5) is 13.4. The molecule has 1 aromatic rings. The minimum absolute atomic E-state index is 0.116. The van der Waals surface area contributed by atoms with E-state index in [9.17, 15) is 15.0 Å². The third-order valence-electron chi connectivity index (χ3n) is 6.83. The van der Waals surface area contributed by atoms with Crippen molar-refractivity contribution in [1.82, 2.24) is 4.90 Å². The fourth-order valence-electron chi connectivity index (χ4n) is 5.03. The van der Waals surface area contributed by atoms with Crippen LogP contribution in [-0.4, -0.2) is 47.3 Å². The number of amides is 1. The van der Waals surface area contributed by atoms with Gasteiger partial charge >= 0.3 is 0 Å². The van der Waals surface area contributed by atoms with Crippen molar-refractivity contribution in [2.45, 2.75) is 64.1 Å². The van der Waals surface area contributed by atoms with Gasteiger partial charge in [-0.1, -0.05) is 48.1 Å². The topological polar surface area (TPSA) is 60.8 Å². The second kappa shape index (κ2) is 10.4. The summed E-state index contributed by atoms with van der Waals surface area (Å²) < 4.78 is 0. The van der Waals surface area contributed by atoms with Crippen LogP contribution in [0.3, 0.4) is 0 Å². The monoisotopic (exact) mass is 411 g/mol. The van der Waals surface area contributed by atoms with Crippen LogP contribution < -0.4 is 0 Å². The van der Waals surface area contributed by atoms with E-state index in [4.69, 9.17) is 0 Å². The molecule has 2 aliphatic carbocycles.